The second-order valence-electron chi connectivity index (χ2n) is 10.9. The Bertz CT molecular complexity index is 1160. The fraction of sp³-hybridized carbons (Fsp3) is 0.484. The SMILES string of the molecule is CC(NC(=O)CN1CCOCC1)C(=O)CC(Cc1ccccc1)C(=O)NC(Cc1ccccc1)C(=O)C1(C)CO1. The van der Waals surface area contributed by atoms with Gasteiger partial charge < -0.3 is 20.1 Å². The molecular formula is C31H39N3O6. The number of carbonyl (C=O) groups is 4. The van der Waals surface area contributed by atoms with Crippen LogP contribution in [0.5, 0.6) is 0 Å². The average molecular weight is 550 g/mol. The molecule has 9 nitrogen and oxygen atoms in total. The van der Waals surface area contributed by atoms with E-state index in [4.69, 9.17) is 9.47 Å². The zero-order chi connectivity index (χ0) is 28.5. The molecule has 0 aromatic heterocycles. The van der Waals surface area contributed by atoms with Crippen molar-refractivity contribution in [3.05, 3.63) is 71.8 Å². The summed E-state index contributed by atoms with van der Waals surface area (Å²) in [7, 11) is 0. The quantitative estimate of drug-likeness (QED) is 0.345. The van der Waals surface area contributed by atoms with Crippen LogP contribution < -0.4 is 10.6 Å². The molecule has 2 aliphatic rings. The molecular weight excluding hydrogens is 510 g/mol. The second-order valence-corrected chi connectivity index (χ2v) is 10.9. The van der Waals surface area contributed by atoms with Crippen LogP contribution in [0.1, 0.15) is 31.4 Å². The standard InChI is InChI=1S/C31H39N3O6/c1-22(32-28(36)20-34-13-15-39-16-14-34)27(35)19-25(17-23-9-5-3-6-10-23)30(38)33-26(29(37)31(2)21-40-31)18-24-11-7-4-8-12-24/h3-12,22,25-26H,13-21H2,1-2H3,(H,32,36)(H,33,38). The normalized spacial score (nSPS) is 21.1. The monoisotopic (exact) mass is 549 g/mol. The maximum atomic E-state index is 13.7. The number of rotatable bonds is 14. The Hall–Kier alpha value is -3.40. The van der Waals surface area contributed by atoms with Crippen LogP contribution in [0, 0.1) is 5.92 Å². The molecule has 2 N–H and O–H groups in total. The van der Waals surface area contributed by atoms with Crippen LogP contribution in [-0.2, 0) is 41.5 Å². The number of hydrogen-bond donors (Lipinski definition) is 2. The number of benzene rings is 2. The largest absolute Gasteiger partial charge is 0.379 e. The van der Waals surface area contributed by atoms with Crippen LogP contribution >= 0.6 is 0 Å². The van der Waals surface area contributed by atoms with E-state index in [0.29, 0.717) is 45.8 Å². The van der Waals surface area contributed by atoms with Crippen molar-refractivity contribution in [1.82, 2.24) is 15.5 Å². The molecule has 0 radical (unpaired) electrons. The molecule has 2 saturated heterocycles. The third-order valence-corrected chi connectivity index (χ3v) is 7.49. The van der Waals surface area contributed by atoms with Gasteiger partial charge in [0, 0.05) is 25.4 Å². The summed E-state index contributed by atoms with van der Waals surface area (Å²) in [4.78, 5) is 54.8. The molecule has 9 heteroatoms. The molecule has 2 amide bonds. The summed E-state index contributed by atoms with van der Waals surface area (Å²) in [6.07, 6.45) is 0.580. The predicted octanol–water partition coefficient (Wildman–Crippen LogP) is 1.73. The lowest BCUT2D eigenvalue weighted by Gasteiger charge is -2.27. The number of ether oxygens (including phenoxy) is 2. The van der Waals surface area contributed by atoms with Crippen molar-refractivity contribution < 1.29 is 28.7 Å². The third-order valence-electron chi connectivity index (χ3n) is 7.49. The Kier molecular flexibility index (Phi) is 10.2. The maximum absolute atomic E-state index is 13.7. The molecule has 40 heavy (non-hydrogen) atoms. The summed E-state index contributed by atoms with van der Waals surface area (Å²) in [5, 5.41) is 5.73. The first kappa shape index (κ1) is 29.6. The summed E-state index contributed by atoms with van der Waals surface area (Å²) in [6.45, 7) is 6.38. The number of epoxide rings is 1. The minimum absolute atomic E-state index is 0.0697. The molecule has 4 rings (SSSR count). The molecule has 0 aliphatic carbocycles. The van der Waals surface area contributed by atoms with Gasteiger partial charge in [0.2, 0.25) is 11.8 Å². The first-order chi connectivity index (χ1) is 19.2. The highest BCUT2D eigenvalue weighted by molar-refractivity contribution is 5.98. The van der Waals surface area contributed by atoms with E-state index in [-0.39, 0.29) is 36.3 Å². The molecule has 214 valence electrons. The molecule has 4 atom stereocenters. The summed E-state index contributed by atoms with van der Waals surface area (Å²) >= 11 is 0. The second kappa shape index (κ2) is 13.8. The molecule has 2 aliphatic heterocycles. The zero-order valence-electron chi connectivity index (χ0n) is 23.3. The first-order valence-corrected chi connectivity index (χ1v) is 13.9. The van der Waals surface area contributed by atoms with Gasteiger partial charge in [-0.15, -0.1) is 0 Å². The van der Waals surface area contributed by atoms with E-state index in [2.05, 4.69) is 10.6 Å². The molecule has 2 aromatic carbocycles. The van der Waals surface area contributed by atoms with Gasteiger partial charge in [-0.25, -0.2) is 0 Å². The Morgan fingerprint density at radius 3 is 2.05 bits per heavy atom. The zero-order valence-corrected chi connectivity index (χ0v) is 23.3. The van der Waals surface area contributed by atoms with Crippen molar-refractivity contribution >= 4 is 23.4 Å². The first-order valence-electron chi connectivity index (χ1n) is 13.9. The number of nitrogens with one attached hydrogen (secondary N) is 2. The summed E-state index contributed by atoms with van der Waals surface area (Å²) in [5.74, 6) is -1.75. The molecule has 2 aromatic rings. The van der Waals surface area contributed by atoms with Crippen molar-refractivity contribution in [3.63, 3.8) is 0 Å². The van der Waals surface area contributed by atoms with E-state index in [0.717, 1.165) is 11.1 Å². The minimum atomic E-state index is -0.906. The Balaban J connectivity index is 1.44. The van der Waals surface area contributed by atoms with Gasteiger partial charge in [-0.05, 0) is 37.8 Å². The van der Waals surface area contributed by atoms with Gasteiger partial charge in [0.1, 0.15) is 5.60 Å². The van der Waals surface area contributed by atoms with E-state index >= 15 is 0 Å². The number of hydrogen-bond acceptors (Lipinski definition) is 7. The van der Waals surface area contributed by atoms with E-state index < -0.39 is 23.6 Å². The van der Waals surface area contributed by atoms with Gasteiger partial charge in [0.25, 0.3) is 0 Å². The Morgan fingerprint density at radius 1 is 0.900 bits per heavy atom. The van der Waals surface area contributed by atoms with Gasteiger partial charge in [0.05, 0.1) is 38.4 Å². The van der Waals surface area contributed by atoms with Crippen LogP contribution in [0.4, 0.5) is 0 Å². The molecule has 0 saturated carbocycles. The number of carbonyl (C=O) groups excluding carboxylic acids is 4. The van der Waals surface area contributed by atoms with Crippen molar-refractivity contribution in [2.24, 2.45) is 5.92 Å². The van der Waals surface area contributed by atoms with E-state index in [1.165, 1.54) is 0 Å². The molecule has 0 bridgehead atoms. The number of ketones is 2. The highest BCUT2D eigenvalue weighted by Gasteiger charge is 2.50. The third kappa shape index (κ3) is 8.55. The average Bonchev–Trinajstić information content (AvgIpc) is 3.71. The highest BCUT2D eigenvalue weighted by Crippen LogP contribution is 2.29. The van der Waals surface area contributed by atoms with E-state index in [9.17, 15) is 19.2 Å². The fourth-order valence-electron chi connectivity index (χ4n) is 4.87. The van der Waals surface area contributed by atoms with Crippen LogP contribution in [0.25, 0.3) is 0 Å². The van der Waals surface area contributed by atoms with Crippen molar-refractivity contribution in [2.45, 2.75) is 50.8 Å². The minimum Gasteiger partial charge on any atom is -0.379 e. The van der Waals surface area contributed by atoms with Gasteiger partial charge >= 0.3 is 0 Å². The van der Waals surface area contributed by atoms with Gasteiger partial charge in [-0.3, -0.25) is 24.1 Å². The number of amides is 2. The number of Topliss-reactive ketones (excluding diaryl/α,β-unsaturated/α-hetero) is 2. The van der Waals surface area contributed by atoms with Gasteiger partial charge in [-0.1, -0.05) is 60.7 Å². The lowest BCUT2D eigenvalue weighted by Crippen LogP contribution is -2.50. The summed E-state index contributed by atoms with van der Waals surface area (Å²) in [5.41, 5.74) is 0.914. The van der Waals surface area contributed by atoms with Crippen LogP contribution in [0.2, 0.25) is 0 Å². The van der Waals surface area contributed by atoms with E-state index in [1.807, 2.05) is 65.6 Å². The van der Waals surface area contributed by atoms with Crippen molar-refractivity contribution in [3.8, 4) is 0 Å². The topological polar surface area (TPSA) is 117 Å². The van der Waals surface area contributed by atoms with Gasteiger partial charge in [0.15, 0.2) is 11.6 Å². The van der Waals surface area contributed by atoms with E-state index in [1.54, 1.807) is 13.8 Å². The molecule has 2 fully saturated rings. The summed E-state index contributed by atoms with van der Waals surface area (Å²) < 4.78 is 10.7. The fourth-order valence-corrected chi connectivity index (χ4v) is 4.87. The Morgan fingerprint density at radius 2 is 1.48 bits per heavy atom. The van der Waals surface area contributed by atoms with Crippen molar-refractivity contribution in [1.29, 1.82) is 0 Å². The van der Waals surface area contributed by atoms with Gasteiger partial charge in [-0.2, -0.15) is 0 Å². The lowest BCUT2D eigenvalue weighted by atomic mass is 9.90. The smallest absolute Gasteiger partial charge is 0.234 e. The lowest BCUT2D eigenvalue weighted by molar-refractivity contribution is -0.134. The predicted molar refractivity (Wildman–Crippen MR) is 150 cm³/mol. The number of nitrogens with zero attached hydrogens (tertiary/aromatic N) is 1. The molecule has 2 heterocycles. The molecule has 0 spiro atoms. The van der Waals surface area contributed by atoms with Crippen LogP contribution in [-0.4, -0.2) is 85.4 Å². The highest BCUT2D eigenvalue weighted by atomic mass is 16.6. The van der Waals surface area contributed by atoms with Crippen LogP contribution in [0.15, 0.2) is 60.7 Å². The van der Waals surface area contributed by atoms with Crippen molar-refractivity contribution in [2.75, 3.05) is 39.5 Å². The maximum Gasteiger partial charge on any atom is 0.234 e. The number of morpholine rings is 1. The molecule has 4 unspecified atom stereocenters. The summed E-state index contributed by atoms with van der Waals surface area (Å²) in [6, 6.07) is 17.4. The van der Waals surface area contributed by atoms with Crippen LogP contribution in [0.3, 0.4) is 0 Å². The Labute approximate surface area is 235 Å².